The number of rotatable bonds is 1. The maximum Gasteiger partial charge on any atom is 0.506 e. The highest BCUT2D eigenvalue weighted by Crippen LogP contribution is 2.36. The second-order valence-corrected chi connectivity index (χ2v) is 7.22. The Morgan fingerprint density at radius 1 is 1.29 bits per heavy atom. The standard InChI is InChI=1S/C8H16O5Si/c1-5(2)14-11-4-6(9)7(12-14)3-8(10)13-14/h5-10H,3-4H2,1-2H3. The first-order valence-corrected chi connectivity index (χ1v) is 6.69. The van der Waals surface area contributed by atoms with Gasteiger partial charge in [0, 0.05) is 12.0 Å². The van der Waals surface area contributed by atoms with Crippen molar-refractivity contribution in [2.75, 3.05) is 6.61 Å². The molecular weight excluding hydrogens is 204 g/mol. The SMILES string of the molecule is CC(C)[Si]12OCC(O)C(CC(O)O1)O2. The average Bonchev–Trinajstić information content (AvgIpc) is 2.11. The quantitative estimate of drug-likeness (QED) is 0.602. The topological polar surface area (TPSA) is 68.2 Å². The van der Waals surface area contributed by atoms with Crippen LogP contribution in [-0.2, 0) is 13.3 Å². The van der Waals surface area contributed by atoms with Crippen molar-refractivity contribution >= 4 is 8.80 Å². The van der Waals surface area contributed by atoms with Gasteiger partial charge >= 0.3 is 8.80 Å². The molecule has 0 saturated carbocycles. The molecule has 0 spiro atoms. The van der Waals surface area contributed by atoms with Gasteiger partial charge in [0.05, 0.1) is 12.7 Å². The normalized spacial score (nSPS) is 48.2. The molecule has 14 heavy (non-hydrogen) atoms. The van der Waals surface area contributed by atoms with Gasteiger partial charge in [-0.2, -0.15) is 0 Å². The van der Waals surface area contributed by atoms with E-state index in [1.165, 1.54) is 0 Å². The summed E-state index contributed by atoms with van der Waals surface area (Å²) < 4.78 is 16.5. The van der Waals surface area contributed by atoms with Gasteiger partial charge in [0.25, 0.3) is 0 Å². The maximum absolute atomic E-state index is 9.54. The van der Waals surface area contributed by atoms with E-state index in [1.54, 1.807) is 0 Å². The molecule has 0 aliphatic carbocycles. The molecule has 4 atom stereocenters. The van der Waals surface area contributed by atoms with Crippen molar-refractivity contribution < 1.29 is 23.5 Å². The van der Waals surface area contributed by atoms with Gasteiger partial charge in [-0.15, -0.1) is 0 Å². The van der Waals surface area contributed by atoms with Gasteiger partial charge in [-0.1, -0.05) is 13.8 Å². The van der Waals surface area contributed by atoms with Gasteiger partial charge in [0.15, 0.2) is 6.29 Å². The van der Waals surface area contributed by atoms with Crippen LogP contribution in [0.25, 0.3) is 0 Å². The van der Waals surface area contributed by atoms with Gasteiger partial charge in [-0.25, -0.2) is 0 Å². The van der Waals surface area contributed by atoms with Crippen molar-refractivity contribution in [2.45, 2.75) is 44.3 Å². The Kier molecular flexibility index (Phi) is 2.67. The van der Waals surface area contributed by atoms with Crippen LogP contribution in [0.2, 0.25) is 5.54 Å². The minimum Gasteiger partial charge on any atom is -0.388 e. The lowest BCUT2D eigenvalue weighted by Crippen LogP contribution is -2.64. The lowest BCUT2D eigenvalue weighted by atomic mass is 10.1. The van der Waals surface area contributed by atoms with E-state index in [1.807, 2.05) is 13.8 Å². The van der Waals surface area contributed by atoms with Crippen molar-refractivity contribution in [3.8, 4) is 0 Å². The van der Waals surface area contributed by atoms with E-state index in [-0.39, 0.29) is 18.3 Å². The molecule has 2 bridgehead atoms. The molecule has 0 aromatic rings. The van der Waals surface area contributed by atoms with Gasteiger partial charge in [-0.3, -0.25) is 0 Å². The summed E-state index contributed by atoms with van der Waals surface area (Å²) in [5.74, 6) is 0. The molecule has 2 N–H and O–H groups in total. The van der Waals surface area contributed by atoms with E-state index < -0.39 is 21.2 Å². The molecule has 2 saturated heterocycles. The second kappa shape index (κ2) is 3.55. The Labute approximate surface area is 84.0 Å². The van der Waals surface area contributed by atoms with Crippen LogP contribution in [0, 0.1) is 0 Å². The van der Waals surface area contributed by atoms with Crippen molar-refractivity contribution in [1.29, 1.82) is 0 Å². The van der Waals surface area contributed by atoms with Gasteiger partial charge in [0.2, 0.25) is 0 Å². The lowest BCUT2D eigenvalue weighted by molar-refractivity contribution is -0.197. The first kappa shape index (κ1) is 10.5. The first-order chi connectivity index (χ1) is 6.53. The Bertz CT molecular complexity index is 224. The molecule has 5 nitrogen and oxygen atoms in total. The monoisotopic (exact) mass is 220 g/mol. The third-order valence-electron chi connectivity index (χ3n) is 2.64. The van der Waals surface area contributed by atoms with E-state index in [0.717, 1.165) is 0 Å². The molecule has 4 unspecified atom stereocenters. The fraction of sp³-hybridized carbons (Fsp3) is 1.00. The van der Waals surface area contributed by atoms with Crippen molar-refractivity contribution in [3.05, 3.63) is 0 Å². The van der Waals surface area contributed by atoms with Crippen LogP contribution >= 0.6 is 0 Å². The van der Waals surface area contributed by atoms with Gasteiger partial charge in [0.1, 0.15) is 6.10 Å². The van der Waals surface area contributed by atoms with Crippen molar-refractivity contribution in [2.24, 2.45) is 0 Å². The van der Waals surface area contributed by atoms with Gasteiger partial charge < -0.3 is 23.5 Å². The zero-order valence-electron chi connectivity index (χ0n) is 8.34. The lowest BCUT2D eigenvalue weighted by Gasteiger charge is -2.47. The number of aliphatic hydroxyl groups excluding tert-OH is 2. The van der Waals surface area contributed by atoms with E-state index in [0.29, 0.717) is 6.42 Å². The highest BCUT2D eigenvalue weighted by Gasteiger charge is 2.56. The van der Waals surface area contributed by atoms with Crippen LogP contribution in [0.5, 0.6) is 0 Å². The summed E-state index contributed by atoms with van der Waals surface area (Å²) in [6.45, 7) is 4.14. The first-order valence-electron chi connectivity index (χ1n) is 4.89. The van der Waals surface area contributed by atoms with E-state index in [9.17, 15) is 10.2 Å². The number of aliphatic hydroxyl groups is 2. The molecule has 0 aromatic carbocycles. The highest BCUT2D eigenvalue weighted by atomic mass is 28.4. The molecule has 2 aliphatic heterocycles. The number of fused-ring (bicyclic) bond motifs is 2. The van der Waals surface area contributed by atoms with Crippen LogP contribution in [0.3, 0.4) is 0 Å². The van der Waals surface area contributed by atoms with Crippen LogP contribution in [-0.4, -0.2) is 44.1 Å². The maximum atomic E-state index is 9.54. The summed E-state index contributed by atoms with van der Waals surface area (Å²) in [6, 6.07) is 0. The summed E-state index contributed by atoms with van der Waals surface area (Å²) in [6.07, 6.45) is -1.52. The predicted octanol–water partition coefficient (Wildman–Crippen LogP) is -0.150. The summed E-state index contributed by atoms with van der Waals surface area (Å²) in [5, 5.41) is 19.0. The predicted molar refractivity (Wildman–Crippen MR) is 49.4 cm³/mol. The molecule has 2 rings (SSSR count). The Balaban J connectivity index is 2.18. The highest BCUT2D eigenvalue weighted by molar-refractivity contribution is 6.62. The van der Waals surface area contributed by atoms with Crippen LogP contribution in [0.1, 0.15) is 20.3 Å². The third-order valence-corrected chi connectivity index (χ3v) is 5.86. The minimum atomic E-state index is -2.73. The fourth-order valence-corrected chi connectivity index (χ4v) is 4.40. The Morgan fingerprint density at radius 3 is 2.64 bits per heavy atom. The summed E-state index contributed by atoms with van der Waals surface area (Å²) in [5.41, 5.74) is 0.104. The summed E-state index contributed by atoms with van der Waals surface area (Å²) >= 11 is 0. The van der Waals surface area contributed by atoms with Crippen LogP contribution < -0.4 is 0 Å². The largest absolute Gasteiger partial charge is 0.506 e. The molecular formula is C8H16O5Si. The Hall–Kier alpha value is 0.0169. The smallest absolute Gasteiger partial charge is 0.388 e. The average molecular weight is 220 g/mol. The number of hydrogen-bond donors (Lipinski definition) is 2. The molecule has 0 radical (unpaired) electrons. The molecule has 2 heterocycles. The molecule has 0 amide bonds. The fourth-order valence-electron chi connectivity index (χ4n) is 1.77. The molecule has 6 heteroatoms. The van der Waals surface area contributed by atoms with E-state index in [2.05, 4.69) is 0 Å². The second-order valence-electron chi connectivity index (χ2n) is 4.10. The zero-order valence-corrected chi connectivity index (χ0v) is 9.34. The van der Waals surface area contributed by atoms with E-state index in [4.69, 9.17) is 13.3 Å². The number of hydrogen-bond acceptors (Lipinski definition) is 5. The van der Waals surface area contributed by atoms with Crippen molar-refractivity contribution in [1.82, 2.24) is 0 Å². The molecule has 82 valence electrons. The third kappa shape index (κ3) is 1.62. The van der Waals surface area contributed by atoms with Crippen LogP contribution in [0.15, 0.2) is 0 Å². The summed E-state index contributed by atoms with van der Waals surface area (Å²) in [7, 11) is -2.73. The zero-order chi connectivity index (χ0) is 10.3. The van der Waals surface area contributed by atoms with Crippen LogP contribution in [0.4, 0.5) is 0 Å². The Morgan fingerprint density at radius 2 is 2.00 bits per heavy atom. The minimum absolute atomic E-state index is 0.104. The molecule has 2 fully saturated rings. The molecule has 2 aliphatic rings. The van der Waals surface area contributed by atoms with Gasteiger partial charge in [-0.05, 0) is 0 Å². The van der Waals surface area contributed by atoms with E-state index >= 15 is 0 Å². The van der Waals surface area contributed by atoms with Crippen molar-refractivity contribution in [3.63, 3.8) is 0 Å². The molecule has 0 aromatic heterocycles. The summed E-state index contributed by atoms with van der Waals surface area (Å²) in [4.78, 5) is 0.